The molecule has 198 valence electrons. The molecule has 5 rings (SSSR count). The van der Waals surface area contributed by atoms with E-state index in [0.29, 0.717) is 18.4 Å². The fraction of sp³-hybridized carbons (Fsp3) is 0.393. The van der Waals surface area contributed by atoms with Crippen molar-refractivity contribution in [2.45, 2.75) is 44.8 Å². The van der Waals surface area contributed by atoms with E-state index in [2.05, 4.69) is 5.32 Å². The number of ketones is 1. The van der Waals surface area contributed by atoms with E-state index in [1.165, 1.54) is 15.9 Å². The number of ether oxygens (including phenoxy) is 1. The second-order valence-electron chi connectivity index (χ2n) is 10.2. The first-order valence-corrected chi connectivity index (χ1v) is 13.6. The van der Waals surface area contributed by atoms with Crippen molar-refractivity contribution < 1.29 is 28.7 Å². The van der Waals surface area contributed by atoms with Crippen LogP contribution in [0.25, 0.3) is 10.4 Å². The van der Waals surface area contributed by atoms with Crippen molar-refractivity contribution in [1.82, 2.24) is 15.1 Å². The molecule has 3 aliphatic rings. The van der Waals surface area contributed by atoms with Gasteiger partial charge in [0.15, 0.2) is 5.78 Å². The quantitative estimate of drug-likeness (QED) is 0.431. The summed E-state index contributed by atoms with van der Waals surface area (Å²) in [6.07, 6.45) is 2.24. The second-order valence-corrected chi connectivity index (χ2v) is 11.1. The third-order valence-electron chi connectivity index (χ3n) is 7.18. The van der Waals surface area contributed by atoms with Crippen molar-refractivity contribution in [3.05, 3.63) is 59.0 Å². The fourth-order valence-corrected chi connectivity index (χ4v) is 6.13. The predicted molar refractivity (Wildman–Crippen MR) is 140 cm³/mol. The number of nitrogens with zero attached hydrogens (tertiary/aromatic N) is 2. The lowest BCUT2D eigenvalue weighted by Gasteiger charge is -2.29. The molecule has 0 radical (unpaired) electrons. The van der Waals surface area contributed by atoms with Crippen LogP contribution in [0.15, 0.2) is 53.4 Å². The number of cyclic esters (lactones) is 1. The molecule has 0 spiro atoms. The number of carbonyl (C=O) groups is 5. The second kappa shape index (κ2) is 10.5. The van der Waals surface area contributed by atoms with Crippen LogP contribution in [-0.4, -0.2) is 77.1 Å². The zero-order valence-electron chi connectivity index (χ0n) is 21.2. The Labute approximate surface area is 224 Å². The Morgan fingerprint density at radius 3 is 2.50 bits per heavy atom. The summed E-state index contributed by atoms with van der Waals surface area (Å²) in [5.41, 5.74) is 1.38. The van der Waals surface area contributed by atoms with Crippen LogP contribution in [0.4, 0.5) is 0 Å². The van der Waals surface area contributed by atoms with Crippen molar-refractivity contribution >= 4 is 40.8 Å². The smallest absolute Gasteiger partial charge is 0.343 e. The monoisotopic (exact) mass is 535 g/mol. The maximum absolute atomic E-state index is 13.7. The molecule has 2 fully saturated rings. The first kappa shape index (κ1) is 25.8. The number of nitrogens with one attached hydrogen (secondary N) is 1. The number of benzene rings is 1. The standard InChI is InChI=1S/C28H29N3O6S/c1-16(2)14-20(29-25(33)18-7-5-17(6-8-18)23-4-3-13-38-23)27(35)30-11-9-21-24(30)22(32)15-31(21)26(34)19-10-12-37-28(19)36/h3-8,10,13,16,20-21,24H,9,11-12,14-15H2,1-2H3,(H,29,33). The zero-order chi connectivity index (χ0) is 27.0. The molecule has 2 saturated heterocycles. The van der Waals surface area contributed by atoms with Gasteiger partial charge in [0.05, 0.1) is 12.6 Å². The Morgan fingerprint density at radius 1 is 1.11 bits per heavy atom. The molecule has 0 aliphatic carbocycles. The lowest BCUT2D eigenvalue weighted by Crippen LogP contribution is -2.53. The summed E-state index contributed by atoms with van der Waals surface area (Å²) in [5, 5.41) is 4.88. The van der Waals surface area contributed by atoms with Crippen LogP contribution in [0.1, 0.15) is 37.0 Å². The maximum Gasteiger partial charge on any atom is 0.343 e. The Kier molecular flexibility index (Phi) is 7.16. The molecule has 0 saturated carbocycles. The third-order valence-corrected chi connectivity index (χ3v) is 8.10. The largest absolute Gasteiger partial charge is 0.458 e. The molecule has 1 aromatic heterocycles. The van der Waals surface area contributed by atoms with Gasteiger partial charge in [-0.1, -0.05) is 32.0 Å². The maximum atomic E-state index is 13.7. The number of hydrogen-bond acceptors (Lipinski definition) is 7. The van der Waals surface area contributed by atoms with E-state index in [-0.39, 0.29) is 48.8 Å². The van der Waals surface area contributed by atoms with Gasteiger partial charge in [0.25, 0.3) is 11.8 Å². The molecule has 2 aromatic rings. The average molecular weight is 536 g/mol. The van der Waals surface area contributed by atoms with Crippen LogP contribution in [0.2, 0.25) is 0 Å². The van der Waals surface area contributed by atoms with Gasteiger partial charge in [-0.05, 0) is 54.0 Å². The van der Waals surface area contributed by atoms with Crippen LogP contribution >= 0.6 is 11.3 Å². The van der Waals surface area contributed by atoms with E-state index in [4.69, 9.17) is 4.74 Å². The van der Waals surface area contributed by atoms with E-state index < -0.39 is 30.0 Å². The Balaban J connectivity index is 1.30. The van der Waals surface area contributed by atoms with Gasteiger partial charge >= 0.3 is 5.97 Å². The van der Waals surface area contributed by atoms with Crippen LogP contribution in [0.3, 0.4) is 0 Å². The topological polar surface area (TPSA) is 113 Å². The molecular weight excluding hydrogens is 506 g/mol. The molecule has 38 heavy (non-hydrogen) atoms. The third kappa shape index (κ3) is 4.88. The van der Waals surface area contributed by atoms with Gasteiger partial charge in [0.2, 0.25) is 5.91 Å². The molecule has 1 N–H and O–H groups in total. The summed E-state index contributed by atoms with van der Waals surface area (Å²) in [6, 6.07) is 9.09. The molecular formula is C28H29N3O6S. The van der Waals surface area contributed by atoms with Crippen molar-refractivity contribution in [2.24, 2.45) is 5.92 Å². The van der Waals surface area contributed by atoms with Crippen molar-refractivity contribution in [3.63, 3.8) is 0 Å². The molecule has 0 bridgehead atoms. The van der Waals surface area contributed by atoms with Gasteiger partial charge < -0.3 is 19.9 Å². The van der Waals surface area contributed by atoms with Crippen molar-refractivity contribution in [3.8, 4) is 10.4 Å². The van der Waals surface area contributed by atoms with Crippen LogP contribution in [-0.2, 0) is 23.9 Å². The molecule has 3 amide bonds. The lowest BCUT2D eigenvalue weighted by molar-refractivity contribution is -0.140. The molecule has 4 heterocycles. The van der Waals surface area contributed by atoms with Gasteiger partial charge in [0, 0.05) is 17.0 Å². The van der Waals surface area contributed by atoms with Crippen LogP contribution in [0, 0.1) is 5.92 Å². The van der Waals surface area contributed by atoms with Gasteiger partial charge in [-0.25, -0.2) is 4.79 Å². The summed E-state index contributed by atoms with van der Waals surface area (Å²) < 4.78 is 4.84. The SMILES string of the molecule is CC(C)CC(NC(=O)c1ccc(-c2cccs2)cc1)C(=O)N1CCC2C1C(=O)CN2C(=O)C1=CCOC1=O. The molecule has 9 nitrogen and oxygen atoms in total. The molecule has 3 aliphatic heterocycles. The lowest BCUT2D eigenvalue weighted by atomic mass is 10.0. The number of esters is 1. The van der Waals surface area contributed by atoms with Gasteiger partial charge in [-0.15, -0.1) is 11.3 Å². The number of rotatable bonds is 7. The highest BCUT2D eigenvalue weighted by Crippen LogP contribution is 2.32. The van der Waals surface area contributed by atoms with Crippen LogP contribution < -0.4 is 5.32 Å². The van der Waals surface area contributed by atoms with E-state index in [1.807, 2.05) is 43.5 Å². The average Bonchev–Trinajstić information content (AvgIpc) is 3.69. The highest BCUT2D eigenvalue weighted by atomic mass is 32.1. The minimum absolute atomic E-state index is 0.0355. The fourth-order valence-electron chi connectivity index (χ4n) is 5.39. The number of thiophene rings is 1. The first-order valence-electron chi connectivity index (χ1n) is 12.7. The van der Waals surface area contributed by atoms with E-state index in [0.717, 1.165) is 10.4 Å². The molecule has 1 aromatic carbocycles. The van der Waals surface area contributed by atoms with Gasteiger partial charge in [-0.3, -0.25) is 19.2 Å². The number of fused-ring (bicyclic) bond motifs is 1. The first-order chi connectivity index (χ1) is 18.2. The number of likely N-dealkylation sites (tertiary alicyclic amines) is 2. The Bertz CT molecular complexity index is 1300. The number of Topliss-reactive ketones (excluding diaryl/α,β-unsaturated/α-hetero) is 1. The summed E-state index contributed by atoms with van der Waals surface area (Å²) in [6.45, 7) is 4.08. The van der Waals surface area contributed by atoms with Gasteiger partial charge in [-0.2, -0.15) is 0 Å². The highest BCUT2D eigenvalue weighted by molar-refractivity contribution is 7.13. The zero-order valence-corrected chi connectivity index (χ0v) is 22.0. The van der Waals surface area contributed by atoms with E-state index in [1.54, 1.807) is 23.5 Å². The van der Waals surface area contributed by atoms with Crippen molar-refractivity contribution in [2.75, 3.05) is 19.7 Å². The number of hydrogen-bond donors (Lipinski definition) is 1. The normalized spacial score (nSPS) is 21.4. The number of carbonyl (C=O) groups excluding carboxylic acids is 5. The summed E-state index contributed by atoms with van der Waals surface area (Å²) in [4.78, 5) is 68.6. The van der Waals surface area contributed by atoms with Crippen LogP contribution in [0.5, 0.6) is 0 Å². The minimum atomic E-state index is -0.816. The van der Waals surface area contributed by atoms with E-state index >= 15 is 0 Å². The summed E-state index contributed by atoms with van der Waals surface area (Å²) in [5.74, 6) is -2.07. The van der Waals surface area contributed by atoms with E-state index in [9.17, 15) is 24.0 Å². The molecule has 3 atom stereocenters. The molecule has 3 unspecified atom stereocenters. The summed E-state index contributed by atoms with van der Waals surface area (Å²) in [7, 11) is 0. The number of amides is 3. The van der Waals surface area contributed by atoms with Gasteiger partial charge in [0.1, 0.15) is 24.3 Å². The Hall–Kier alpha value is -3.79. The predicted octanol–water partition coefficient (Wildman–Crippen LogP) is 2.42. The summed E-state index contributed by atoms with van der Waals surface area (Å²) >= 11 is 1.61. The Morgan fingerprint density at radius 2 is 1.87 bits per heavy atom. The molecule has 10 heteroatoms. The minimum Gasteiger partial charge on any atom is -0.458 e. The van der Waals surface area contributed by atoms with Crippen molar-refractivity contribution in [1.29, 1.82) is 0 Å². The highest BCUT2D eigenvalue weighted by Gasteiger charge is 2.53.